The van der Waals surface area contributed by atoms with Gasteiger partial charge in [-0.05, 0) is 31.1 Å². The lowest BCUT2D eigenvalue weighted by Gasteiger charge is -2.22. The van der Waals surface area contributed by atoms with E-state index in [1.165, 1.54) is 32.1 Å². The van der Waals surface area contributed by atoms with Gasteiger partial charge in [-0.25, -0.2) is 0 Å². The van der Waals surface area contributed by atoms with Gasteiger partial charge in [0.25, 0.3) is 0 Å². The van der Waals surface area contributed by atoms with Crippen molar-refractivity contribution in [1.29, 1.82) is 0 Å². The molecule has 0 bridgehead atoms. The number of halogens is 1. The summed E-state index contributed by atoms with van der Waals surface area (Å²) in [5.41, 5.74) is 0. The quantitative estimate of drug-likeness (QED) is 0.637. The Labute approximate surface area is 93.2 Å². The van der Waals surface area contributed by atoms with Gasteiger partial charge >= 0.3 is 0 Å². The lowest BCUT2D eigenvalue weighted by Crippen LogP contribution is -2.16. The van der Waals surface area contributed by atoms with Crippen molar-refractivity contribution in [3.8, 4) is 0 Å². The van der Waals surface area contributed by atoms with Crippen molar-refractivity contribution >= 4 is 11.6 Å². The van der Waals surface area contributed by atoms with Crippen molar-refractivity contribution in [2.75, 3.05) is 13.2 Å². The summed E-state index contributed by atoms with van der Waals surface area (Å²) >= 11 is 6.21. The Morgan fingerprint density at radius 2 is 1.93 bits per heavy atom. The van der Waals surface area contributed by atoms with Gasteiger partial charge in [-0.1, -0.05) is 26.7 Å². The fourth-order valence-corrected chi connectivity index (χ4v) is 2.12. The van der Waals surface area contributed by atoms with Gasteiger partial charge in [0.1, 0.15) is 0 Å². The summed E-state index contributed by atoms with van der Waals surface area (Å²) in [5, 5.41) is 0.370. The molecule has 1 fully saturated rings. The minimum Gasteiger partial charge on any atom is -0.381 e. The smallest absolute Gasteiger partial charge is 0.0468 e. The highest BCUT2D eigenvalue weighted by atomic mass is 35.5. The molecular weight excluding hydrogens is 196 g/mol. The molecule has 0 aromatic heterocycles. The first kappa shape index (κ1) is 12.3. The summed E-state index contributed by atoms with van der Waals surface area (Å²) in [4.78, 5) is 0. The molecule has 1 nitrogen and oxygen atoms in total. The third-order valence-corrected chi connectivity index (χ3v) is 3.88. The normalized spacial score (nSPS) is 21.4. The highest BCUT2D eigenvalue weighted by molar-refractivity contribution is 6.20. The number of alkyl halides is 1. The van der Waals surface area contributed by atoms with Gasteiger partial charge in [-0.2, -0.15) is 0 Å². The molecule has 0 aromatic rings. The van der Waals surface area contributed by atoms with Crippen molar-refractivity contribution < 1.29 is 4.74 Å². The molecule has 1 rings (SSSR count). The topological polar surface area (TPSA) is 9.23 Å². The van der Waals surface area contributed by atoms with Crippen LogP contribution in [-0.4, -0.2) is 18.6 Å². The van der Waals surface area contributed by atoms with Gasteiger partial charge in [-0.3, -0.25) is 0 Å². The number of hydrogen-bond donors (Lipinski definition) is 0. The van der Waals surface area contributed by atoms with E-state index in [1.54, 1.807) is 0 Å². The van der Waals surface area contributed by atoms with Crippen LogP contribution in [0.4, 0.5) is 0 Å². The molecule has 0 aromatic carbocycles. The molecule has 14 heavy (non-hydrogen) atoms. The fraction of sp³-hybridized carbons (Fsp3) is 1.00. The number of ether oxygens (including phenoxy) is 1. The highest BCUT2D eigenvalue weighted by Gasteiger charge is 2.15. The second-order valence-electron chi connectivity index (χ2n) is 4.75. The molecule has 1 aliphatic heterocycles. The Morgan fingerprint density at radius 1 is 1.29 bits per heavy atom. The molecule has 0 aliphatic carbocycles. The number of rotatable bonds is 5. The van der Waals surface area contributed by atoms with E-state index in [0.29, 0.717) is 11.3 Å². The van der Waals surface area contributed by atoms with Crippen LogP contribution in [0.3, 0.4) is 0 Å². The molecule has 1 atom stereocenters. The summed E-state index contributed by atoms with van der Waals surface area (Å²) in [6.45, 7) is 6.34. The molecular formula is C12H23ClO. The van der Waals surface area contributed by atoms with Crippen molar-refractivity contribution in [2.45, 2.75) is 51.3 Å². The molecule has 0 radical (unpaired) electrons. The van der Waals surface area contributed by atoms with Crippen LogP contribution in [0.25, 0.3) is 0 Å². The lowest BCUT2D eigenvalue weighted by atomic mass is 9.93. The van der Waals surface area contributed by atoms with Crippen LogP contribution < -0.4 is 0 Å². The minimum absolute atomic E-state index is 0.370. The van der Waals surface area contributed by atoms with E-state index in [-0.39, 0.29) is 0 Å². The van der Waals surface area contributed by atoms with Crippen LogP contribution >= 0.6 is 11.6 Å². The third kappa shape index (κ3) is 4.65. The van der Waals surface area contributed by atoms with Crippen LogP contribution in [0.5, 0.6) is 0 Å². The predicted molar refractivity (Wildman–Crippen MR) is 61.9 cm³/mol. The first-order chi connectivity index (χ1) is 6.70. The molecule has 1 saturated heterocycles. The van der Waals surface area contributed by atoms with Gasteiger partial charge in [0.05, 0.1) is 0 Å². The maximum absolute atomic E-state index is 6.21. The molecule has 0 amide bonds. The Kier molecular flexibility index (Phi) is 5.88. The predicted octanol–water partition coefficient (Wildman–Crippen LogP) is 3.85. The minimum atomic E-state index is 0.370. The Bertz CT molecular complexity index is 141. The summed E-state index contributed by atoms with van der Waals surface area (Å²) in [6.07, 6.45) is 6.33. The summed E-state index contributed by atoms with van der Waals surface area (Å²) < 4.78 is 5.34. The van der Waals surface area contributed by atoms with E-state index in [2.05, 4.69) is 13.8 Å². The third-order valence-electron chi connectivity index (χ3n) is 3.16. The van der Waals surface area contributed by atoms with E-state index in [9.17, 15) is 0 Å². The number of hydrogen-bond acceptors (Lipinski definition) is 1. The summed E-state index contributed by atoms with van der Waals surface area (Å²) in [5.74, 6) is 1.52. The average Bonchev–Trinajstić information content (AvgIpc) is 2.19. The summed E-state index contributed by atoms with van der Waals surface area (Å²) in [6, 6.07) is 0. The first-order valence-electron chi connectivity index (χ1n) is 5.92. The van der Waals surface area contributed by atoms with Gasteiger partial charge in [-0.15, -0.1) is 11.6 Å². The largest absolute Gasteiger partial charge is 0.381 e. The average molecular weight is 219 g/mol. The van der Waals surface area contributed by atoms with E-state index in [4.69, 9.17) is 16.3 Å². The first-order valence-corrected chi connectivity index (χ1v) is 6.35. The molecule has 2 heteroatoms. The van der Waals surface area contributed by atoms with Gasteiger partial charge in [0.2, 0.25) is 0 Å². The zero-order valence-corrected chi connectivity index (χ0v) is 10.2. The van der Waals surface area contributed by atoms with Crippen molar-refractivity contribution in [3.63, 3.8) is 0 Å². The maximum Gasteiger partial charge on any atom is 0.0468 e. The van der Waals surface area contributed by atoms with Gasteiger partial charge in [0, 0.05) is 18.6 Å². The zero-order valence-electron chi connectivity index (χ0n) is 9.47. The second-order valence-corrected chi connectivity index (χ2v) is 5.31. The van der Waals surface area contributed by atoms with Crippen LogP contribution in [0.1, 0.15) is 46.0 Å². The Balaban J connectivity index is 2.02. The fourth-order valence-electron chi connectivity index (χ4n) is 1.97. The van der Waals surface area contributed by atoms with Crippen LogP contribution in [0, 0.1) is 11.8 Å². The molecule has 0 spiro atoms. The van der Waals surface area contributed by atoms with Gasteiger partial charge < -0.3 is 4.74 Å². The second kappa shape index (κ2) is 6.68. The Hall–Kier alpha value is 0.250. The molecule has 0 N–H and O–H groups in total. The van der Waals surface area contributed by atoms with Crippen LogP contribution in [-0.2, 0) is 4.74 Å². The molecule has 1 heterocycles. The SMILES string of the molecule is CC(C)C(Cl)CCCC1CCOCC1. The molecule has 1 unspecified atom stereocenters. The van der Waals surface area contributed by atoms with E-state index in [1.807, 2.05) is 0 Å². The maximum atomic E-state index is 6.21. The highest BCUT2D eigenvalue weighted by Crippen LogP contribution is 2.23. The van der Waals surface area contributed by atoms with Crippen LogP contribution in [0.15, 0.2) is 0 Å². The van der Waals surface area contributed by atoms with E-state index < -0.39 is 0 Å². The lowest BCUT2D eigenvalue weighted by molar-refractivity contribution is 0.0631. The van der Waals surface area contributed by atoms with Gasteiger partial charge in [0.15, 0.2) is 0 Å². The standard InChI is InChI=1S/C12H23ClO/c1-10(2)12(13)5-3-4-11-6-8-14-9-7-11/h10-12H,3-9H2,1-2H3. The molecule has 84 valence electrons. The zero-order chi connectivity index (χ0) is 10.4. The summed E-state index contributed by atoms with van der Waals surface area (Å²) in [7, 11) is 0. The monoisotopic (exact) mass is 218 g/mol. The Morgan fingerprint density at radius 3 is 2.50 bits per heavy atom. The van der Waals surface area contributed by atoms with Crippen LogP contribution in [0.2, 0.25) is 0 Å². The van der Waals surface area contributed by atoms with E-state index in [0.717, 1.165) is 19.1 Å². The molecule has 0 saturated carbocycles. The molecule has 1 aliphatic rings. The van der Waals surface area contributed by atoms with Crippen molar-refractivity contribution in [1.82, 2.24) is 0 Å². The van der Waals surface area contributed by atoms with E-state index >= 15 is 0 Å². The van der Waals surface area contributed by atoms with Crippen molar-refractivity contribution in [3.05, 3.63) is 0 Å². The van der Waals surface area contributed by atoms with Crippen molar-refractivity contribution in [2.24, 2.45) is 11.8 Å².